The van der Waals surface area contributed by atoms with Crippen molar-refractivity contribution in [2.45, 2.75) is 12.7 Å². The van der Waals surface area contributed by atoms with Crippen molar-refractivity contribution in [3.63, 3.8) is 0 Å². The zero-order valence-electron chi connectivity index (χ0n) is 13.8. The van der Waals surface area contributed by atoms with E-state index in [1.54, 1.807) is 29.4 Å². The van der Waals surface area contributed by atoms with E-state index in [1.165, 1.54) is 12.1 Å². The highest BCUT2D eigenvalue weighted by Crippen LogP contribution is 2.22. The number of aromatic nitrogens is 4. The molecule has 26 heavy (non-hydrogen) atoms. The third kappa shape index (κ3) is 3.47. The van der Waals surface area contributed by atoms with E-state index in [-0.39, 0.29) is 12.4 Å². The summed E-state index contributed by atoms with van der Waals surface area (Å²) in [6.07, 6.45) is 2.28. The lowest BCUT2D eigenvalue weighted by molar-refractivity contribution is -0.0330. The molecule has 0 unspecified atom stereocenters. The van der Waals surface area contributed by atoms with Crippen LogP contribution in [0.5, 0.6) is 0 Å². The summed E-state index contributed by atoms with van der Waals surface area (Å²) >= 11 is 0. The van der Waals surface area contributed by atoms with Crippen molar-refractivity contribution in [3.8, 4) is 0 Å². The molecule has 0 saturated carbocycles. The summed E-state index contributed by atoms with van der Waals surface area (Å²) in [5, 5.41) is 0. The molecule has 0 spiro atoms. The highest BCUT2D eigenvalue weighted by atomic mass is 19.1. The number of carbonyl (C=O) groups excluding carboxylic acids is 1. The molecule has 4 rings (SSSR count). The molecule has 1 N–H and O–H groups in total. The van der Waals surface area contributed by atoms with Crippen LogP contribution < -0.4 is 0 Å². The number of hydrogen-bond donors (Lipinski definition) is 1. The summed E-state index contributed by atoms with van der Waals surface area (Å²) in [6.45, 7) is 1.19. The van der Waals surface area contributed by atoms with Gasteiger partial charge in [0.25, 0.3) is 0 Å². The number of morpholine rings is 1. The van der Waals surface area contributed by atoms with Crippen LogP contribution in [0.15, 0.2) is 36.7 Å². The first-order valence-corrected chi connectivity index (χ1v) is 8.13. The molecule has 9 heteroatoms. The molecule has 1 saturated heterocycles. The number of carbonyl (C=O) groups is 1. The van der Waals surface area contributed by atoms with Gasteiger partial charge in [0.05, 0.1) is 13.2 Å². The monoisotopic (exact) mass is 357 g/mol. The Hall–Kier alpha value is -3.07. The normalized spacial score (nSPS) is 17.4. The molecule has 3 aromatic rings. The summed E-state index contributed by atoms with van der Waals surface area (Å²) in [5.41, 5.74) is 1.79. The molecule has 2 aromatic heterocycles. The van der Waals surface area contributed by atoms with E-state index in [4.69, 9.17) is 9.47 Å². The SMILES string of the molecule is O=C(OCc1ccc(F)cc1)N1CCO[C@H](c2nc3nccnc3[nH]2)C1. The predicted octanol–water partition coefficient (Wildman–Crippen LogP) is 2.20. The summed E-state index contributed by atoms with van der Waals surface area (Å²) in [4.78, 5) is 29.6. The van der Waals surface area contributed by atoms with Crippen molar-refractivity contribution in [1.29, 1.82) is 0 Å². The minimum absolute atomic E-state index is 0.0830. The Bertz CT molecular complexity index is 881. The maximum atomic E-state index is 12.9. The second kappa shape index (κ2) is 7.04. The van der Waals surface area contributed by atoms with Gasteiger partial charge in [-0.3, -0.25) is 0 Å². The number of halogens is 1. The quantitative estimate of drug-likeness (QED) is 0.772. The van der Waals surface area contributed by atoms with Gasteiger partial charge in [-0.25, -0.2) is 24.1 Å². The fourth-order valence-electron chi connectivity index (χ4n) is 2.71. The number of fused-ring (bicyclic) bond motifs is 1. The van der Waals surface area contributed by atoms with Crippen molar-refractivity contribution in [2.75, 3.05) is 19.7 Å². The summed E-state index contributed by atoms with van der Waals surface area (Å²) < 4.78 is 23.9. The molecule has 3 heterocycles. The molecule has 0 radical (unpaired) electrons. The molecule has 134 valence electrons. The molecule has 0 aliphatic carbocycles. The van der Waals surface area contributed by atoms with Crippen molar-refractivity contribution >= 4 is 17.4 Å². The highest BCUT2D eigenvalue weighted by Gasteiger charge is 2.28. The lowest BCUT2D eigenvalue weighted by Crippen LogP contribution is -2.42. The lowest BCUT2D eigenvalue weighted by Gasteiger charge is -2.31. The van der Waals surface area contributed by atoms with Crippen LogP contribution in [-0.2, 0) is 16.1 Å². The van der Waals surface area contributed by atoms with Crippen LogP contribution in [0.1, 0.15) is 17.5 Å². The molecule has 1 aliphatic heterocycles. The molecule has 1 amide bonds. The summed E-state index contributed by atoms with van der Waals surface area (Å²) in [6, 6.07) is 5.83. The zero-order chi connectivity index (χ0) is 17.9. The van der Waals surface area contributed by atoms with Gasteiger partial charge in [-0.05, 0) is 17.7 Å². The largest absolute Gasteiger partial charge is 0.445 e. The molecule has 1 aromatic carbocycles. The van der Waals surface area contributed by atoms with Crippen molar-refractivity contribution in [3.05, 3.63) is 53.9 Å². The molecular formula is C17H16FN5O3. The standard InChI is InChI=1S/C17H16FN5O3/c18-12-3-1-11(2-4-12)10-26-17(24)23-7-8-25-13(9-23)14-21-15-16(22-14)20-6-5-19-15/h1-6,13H,7-10H2,(H,19,20,21,22)/t13-/m0/s1. The number of H-pyrrole nitrogens is 1. The number of ether oxygens (including phenoxy) is 2. The first-order chi connectivity index (χ1) is 12.7. The van der Waals surface area contributed by atoms with Gasteiger partial charge in [-0.2, -0.15) is 0 Å². The molecule has 8 nitrogen and oxygen atoms in total. The van der Waals surface area contributed by atoms with Crippen LogP contribution in [0.25, 0.3) is 11.3 Å². The van der Waals surface area contributed by atoms with E-state index >= 15 is 0 Å². The summed E-state index contributed by atoms with van der Waals surface area (Å²) in [7, 11) is 0. The van der Waals surface area contributed by atoms with Gasteiger partial charge in [0.2, 0.25) is 0 Å². The Balaban J connectivity index is 1.39. The van der Waals surface area contributed by atoms with Gasteiger partial charge >= 0.3 is 6.09 Å². The second-order valence-electron chi connectivity index (χ2n) is 5.84. The first-order valence-electron chi connectivity index (χ1n) is 8.13. The maximum absolute atomic E-state index is 12.9. The number of nitrogens with one attached hydrogen (secondary N) is 1. The Labute approximate surface area is 148 Å². The molecular weight excluding hydrogens is 341 g/mol. The van der Waals surface area contributed by atoms with E-state index < -0.39 is 12.2 Å². The minimum Gasteiger partial charge on any atom is -0.445 e. The zero-order valence-corrected chi connectivity index (χ0v) is 13.8. The van der Waals surface area contributed by atoms with E-state index in [0.717, 1.165) is 5.56 Å². The third-order valence-corrected chi connectivity index (χ3v) is 4.06. The molecule has 1 fully saturated rings. The Kier molecular flexibility index (Phi) is 4.44. The Morgan fingerprint density at radius 3 is 2.92 bits per heavy atom. The molecule has 1 aliphatic rings. The maximum Gasteiger partial charge on any atom is 0.410 e. The van der Waals surface area contributed by atoms with Gasteiger partial charge in [-0.1, -0.05) is 12.1 Å². The number of imidazole rings is 1. The van der Waals surface area contributed by atoms with E-state index in [9.17, 15) is 9.18 Å². The van der Waals surface area contributed by atoms with Crippen LogP contribution in [0.2, 0.25) is 0 Å². The average molecular weight is 357 g/mol. The molecule has 0 bridgehead atoms. The lowest BCUT2D eigenvalue weighted by atomic mass is 10.2. The van der Waals surface area contributed by atoms with E-state index in [2.05, 4.69) is 19.9 Å². The van der Waals surface area contributed by atoms with Crippen molar-refractivity contribution in [2.24, 2.45) is 0 Å². The number of nitrogens with zero attached hydrogens (tertiary/aromatic N) is 4. The van der Waals surface area contributed by atoms with Gasteiger partial charge < -0.3 is 19.4 Å². The van der Waals surface area contributed by atoms with E-state index in [0.29, 0.717) is 36.8 Å². The second-order valence-corrected chi connectivity index (χ2v) is 5.84. The predicted molar refractivity (Wildman–Crippen MR) is 88.5 cm³/mol. The fourth-order valence-corrected chi connectivity index (χ4v) is 2.71. The molecule has 1 atom stereocenters. The van der Waals surface area contributed by atoms with Crippen LogP contribution in [0, 0.1) is 5.82 Å². The van der Waals surface area contributed by atoms with Crippen LogP contribution >= 0.6 is 0 Å². The smallest absolute Gasteiger partial charge is 0.410 e. The fraction of sp³-hybridized carbons (Fsp3) is 0.294. The van der Waals surface area contributed by atoms with Crippen LogP contribution in [-0.4, -0.2) is 50.6 Å². The number of rotatable bonds is 3. The third-order valence-electron chi connectivity index (χ3n) is 4.06. The minimum atomic E-state index is -0.449. The van der Waals surface area contributed by atoms with Gasteiger partial charge in [0, 0.05) is 18.9 Å². The number of hydrogen-bond acceptors (Lipinski definition) is 6. The van der Waals surface area contributed by atoms with Gasteiger partial charge in [0.15, 0.2) is 11.3 Å². The van der Waals surface area contributed by atoms with Crippen LogP contribution in [0.3, 0.4) is 0 Å². The van der Waals surface area contributed by atoms with Crippen molar-refractivity contribution < 1.29 is 18.7 Å². The van der Waals surface area contributed by atoms with E-state index in [1.807, 2.05) is 0 Å². The topological polar surface area (TPSA) is 93.2 Å². The number of aromatic amines is 1. The highest BCUT2D eigenvalue weighted by molar-refractivity contribution is 5.68. The van der Waals surface area contributed by atoms with Crippen LogP contribution in [0.4, 0.5) is 9.18 Å². The number of benzene rings is 1. The summed E-state index contributed by atoms with van der Waals surface area (Å²) in [5.74, 6) is 0.244. The first kappa shape index (κ1) is 16.4. The number of amides is 1. The average Bonchev–Trinajstić information content (AvgIpc) is 3.12. The van der Waals surface area contributed by atoms with Crippen molar-refractivity contribution in [1.82, 2.24) is 24.8 Å². The Morgan fingerprint density at radius 1 is 1.31 bits per heavy atom. The van der Waals surface area contributed by atoms with Gasteiger partial charge in [-0.15, -0.1) is 0 Å². The van der Waals surface area contributed by atoms with Gasteiger partial charge in [0.1, 0.15) is 24.4 Å². The Morgan fingerprint density at radius 2 is 2.12 bits per heavy atom.